The fourth-order valence-corrected chi connectivity index (χ4v) is 3.98. The Kier molecular flexibility index (Phi) is 12.1. The van der Waals surface area contributed by atoms with Gasteiger partial charge < -0.3 is 42.7 Å². The first-order valence-electron chi connectivity index (χ1n) is 13.0. The van der Waals surface area contributed by atoms with E-state index < -0.39 is 60.2 Å². The predicted molar refractivity (Wildman–Crippen MR) is 148 cm³/mol. The highest BCUT2D eigenvalue weighted by molar-refractivity contribution is 5.95. The molecule has 0 aliphatic rings. The molecule has 2 aromatic rings. The van der Waals surface area contributed by atoms with Crippen LogP contribution < -0.4 is 27.4 Å². The number of phenolic OH excluding ortho intramolecular Hbond substituents is 2. The number of carbonyl (C=O) groups excluding carboxylic acids is 4. The number of phenols is 2. The molecule has 4 atom stereocenters. The largest absolute Gasteiger partial charge is 0.508 e. The quantitative estimate of drug-likeness (QED) is 0.140. The first kappa shape index (κ1) is 32.6. The van der Waals surface area contributed by atoms with Gasteiger partial charge in [-0.1, -0.05) is 38.1 Å². The van der Waals surface area contributed by atoms with Crippen molar-refractivity contribution in [2.75, 3.05) is 0 Å². The van der Waals surface area contributed by atoms with Crippen molar-refractivity contribution in [2.45, 2.75) is 63.7 Å². The number of nitrogens with one attached hydrogen (secondary N) is 3. The summed E-state index contributed by atoms with van der Waals surface area (Å²) in [6.07, 6.45) is -0.406. The monoisotopic (exact) mass is 571 g/mol. The molecule has 222 valence electrons. The molecule has 0 aromatic heterocycles. The van der Waals surface area contributed by atoms with Crippen molar-refractivity contribution >= 4 is 29.6 Å². The van der Waals surface area contributed by atoms with Crippen molar-refractivity contribution in [1.29, 1.82) is 0 Å². The van der Waals surface area contributed by atoms with Gasteiger partial charge in [-0.2, -0.15) is 0 Å². The van der Waals surface area contributed by atoms with Crippen molar-refractivity contribution in [3.8, 4) is 11.5 Å². The van der Waals surface area contributed by atoms with Crippen molar-refractivity contribution in [3.05, 3.63) is 59.7 Å². The van der Waals surface area contributed by atoms with Crippen molar-refractivity contribution < 1.29 is 39.3 Å². The van der Waals surface area contributed by atoms with Crippen LogP contribution in [0.5, 0.6) is 11.5 Å². The number of hydrogen-bond acceptors (Lipinski definition) is 8. The molecule has 0 spiro atoms. The van der Waals surface area contributed by atoms with Gasteiger partial charge in [-0.25, -0.2) is 4.79 Å². The second-order valence-corrected chi connectivity index (χ2v) is 10.2. The van der Waals surface area contributed by atoms with Gasteiger partial charge in [-0.05, 0) is 54.2 Å². The summed E-state index contributed by atoms with van der Waals surface area (Å²) in [4.78, 5) is 62.3. The third-order valence-electron chi connectivity index (χ3n) is 6.10. The number of carboxylic acids is 1. The Balaban J connectivity index is 2.23. The summed E-state index contributed by atoms with van der Waals surface area (Å²) < 4.78 is 0. The molecule has 4 unspecified atom stereocenters. The summed E-state index contributed by atoms with van der Waals surface area (Å²) in [5.74, 6) is -4.63. The molecule has 13 heteroatoms. The van der Waals surface area contributed by atoms with Crippen LogP contribution in [-0.2, 0) is 36.8 Å². The van der Waals surface area contributed by atoms with Crippen LogP contribution in [0.25, 0.3) is 0 Å². The molecule has 0 heterocycles. The normalized spacial score (nSPS) is 13.9. The smallest absolute Gasteiger partial charge is 0.326 e. The van der Waals surface area contributed by atoms with Crippen molar-refractivity contribution in [2.24, 2.45) is 17.4 Å². The Bertz CT molecular complexity index is 1220. The van der Waals surface area contributed by atoms with Crippen LogP contribution in [0.3, 0.4) is 0 Å². The molecule has 2 rings (SSSR count). The molecule has 0 radical (unpaired) electrons. The van der Waals surface area contributed by atoms with Gasteiger partial charge in [0.25, 0.3) is 0 Å². The number of amides is 4. The fourth-order valence-electron chi connectivity index (χ4n) is 3.98. The molecule has 41 heavy (non-hydrogen) atoms. The van der Waals surface area contributed by atoms with Gasteiger partial charge in [0, 0.05) is 6.42 Å². The van der Waals surface area contributed by atoms with Crippen molar-refractivity contribution in [3.63, 3.8) is 0 Å². The summed E-state index contributed by atoms with van der Waals surface area (Å²) in [7, 11) is 0. The highest BCUT2D eigenvalue weighted by Gasteiger charge is 2.31. The summed E-state index contributed by atoms with van der Waals surface area (Å²) in [5, 5.41) is 35.9. The van der Waals surface area contributed by atoms with Crippen LogP contribution in [0.4, 0.5) is 0 Å². The number of benzene rings is 2. The fraction of sp³-hybridized carbons (Fsp3) is 0.393. The lowest BCUT2D eigenvalue weighted by atomic mass is 9.99. The standard InChI is InChI=1S/C28H37N5O8/c1-15(2)11-21(31-25(37)20(29)12-16-3-7-18(34)8-4-16)26(38)32-22(13-17-5-9-19(35)10-6-17)27(39)33-23(28(40)41)14-24(30)36/h3-10,15,20-23,34-35H,11-14,29H2,1-2H3,(H2,30,36)(H,31,37)(H,32,38)(H,33,39)(H,40,41). The third kappa shape index (κ3) is 11.2. The topological polar surface area (TPSA) is 234 Å². The Labute approximate surface area is 237 Å². The lowest BCUT2D eigenvalue weighted by Gasteiger charge is -2.26. The van der Waals surface area contributed by atoms with E-state index >= 15 is 0 Å². The van der Waals surface area contributed by atoms with Gasteiger partial charge in [0.1, 0.15) is 29.6 Å². The summed E-state index contributed by atoms with van der Waals surface area (Å²) >= 11 is 0. The van der Waals surface area contributed by atoms with Crippen LogP contribution >= 0.6 is 0 Å². The Morgan fingerprint density at radius 2 is 1.15 bits per heavy atom. The molecule has 0 fully saturated rings. The van der Waals surface area contributed by atoms with Gasteiger partial charge >= 0.3 is 5.97 Å². The number of primary amides is 1. The van der Waals surface area contributed by atoms with E-state index in [9.17, 15) is 39.3 Å². The molecule has 10 N–H and O–H groups in total. The van der Waals surface area contributed by atoms with Gasteiger partial charge in [-0.15, -0.1) is 0 Å². The minimum atomic E-state index is -1.62. The zero-order valence-electron chi connectivity index (χ0n) is 22.9. The van der Waals surface area contributed by atoms with Gasteiger partial charge in [0.2, 0.25) is 23.6 Å². The van der Waals surface area contributed by atoms with Gasteiger partial charge in [-0.3, -0.25) is 19.2 Å². The van der Waals surface area contributed by atoms with Crippen LogP contribution in [0.1, 0.15) is 37.8 Å². The first-order chi connectivity index (χ1) is 19.2. The van der Waals surface area contributed by atoms with E-state index in [1.807, 2.05) is 13.8 Å². The van der Waals surface area contributed by atoms with Crippen LogP contribution in [0, 0.1) is 5.92 Å². The summed E-state index contributed by atoms with van der Waals surface area (Å²) in [6, 6.07) is 6.97. The molecule has 2 aromatic carbocycles. The van der Waals surface area contributed by atoms with Crippen LogP contribution in [0.2, 0.25) is 0 Å². The Hall–Kier alpha value is -4.65. The number of carbonyl (C=O) groups is 5. The van der Waals surface area contributed by atoms with E-state index in [1.54, 1.807) is 12.1 Å². The zero-order chi connectivity index (χ0) is 30.7. The van der Waals surface area contributed by atoms with Gasteiger partial charge in [0.05, 0.1) is 12.5 Å². The zero-order valence-corrected chi connectivity index (χ0v) is 22.9. The molecule has 0 saturated heterocycles. The van der Waals surface area contributed by atoms with E-state index in [1.165, 1.54) is 36.4 Å². The SMILES string of the molecule is CC(C)CC(NC(=O)C(N)Cc1ccc(O)cc1)C(=O)NC(Cc1ccc(O)cc1)C(=O)NC(CC(N)=O)C(=O)O. The average Bonchev–Trinajstić information content (AvgIpc) is 2.89. The lowest BCUT2D eigenvalue weighted by Crippen LogP contribution is -2.58. The number of hydrogen-bond donors (Lipinski definition) is 8. The van der Waals surface area contributed by atoms with E-state index in [0.717, 1.165) is 0 Å². The minimum absolute atomic E-state index is 0.0189. The molecule has 0 aliphatic carbocycles. The number of rotatable bonds is 15. The second kappa shape index (κ2) is 15.2. The maximum atomic E-state index is 13.4. The maximum Gasteiger partial charge on any atom is 0.326 e. The van der Waals surface area contributed by atoms with Crippen LogP contribution in [0.15, 0.2) is 48.5 Å². The molecule has 13 nitrogen and oxygen atoms in total. The number of aromatic hydroxyl groups is 2. The maximum absolute atomic E-state index is 13.4. The molecular weight excluding hydrogens is 534 g/mol. The summed E-state index contributed by atoms with van der Waals surface area (Å²) in [6.45, 7) is 3.68. The second-order valence-electron chi connectivity index (χ2n) is 10.2. The van der Waals surface area contributed by atoms with E-state index in [2.05, 4.69) is 16.0 Å². The first-order valence-corrected chi connectivity index (χ1v) is 13.0. The highest BCUT2D eigenvalue weighted by Crippen LogP contribution is 2.14. The lowest BCUT2D eigenvalue weighted by molar-refractivity contribution is -0.143. The van der Waals surface area contributed by atoms with Crippen LogP contribution in [-0.4, -0.2) is 69.1 Å². The number of carboxylic acid groups (broad SMARTS) is 1. The Morgan fingerprint density at radius 1 is 0.707 bits per heavy atom. The molecule has 0 saturated carbocycles. The molecular formula is C28H37N5O8. The molecule has 0 bridgehead atoms. The Morgan fingerprint density at radius 3 is 1.61 bits per heavy atom. The van der Waals surface area contributed by atoms with Gasteiger partial charge in [0.15, 0.2) is 0 Å². The number of nitrogens with two attached hydrogens (primary N) is 2. The summed E-state index contributed by atoms with van der Waals surface area (Å²) in [5.41, 5.74) is 12.4. The van der Waals surface area contributed by atoms with E-state index in [-0.39, 0.29) is 36.7 Å². The van der Waals surface area contributed by atoms with Crippen molar-refractivity contribution in [1.82, 2.24) is 16.0 Å². The minimum Gasteiger partial charge on any atom is -0.508 e. The predicted octanol–water partition coefficient (Wildman–Crippen LogP) is -0.329. The highest BCUT2D eigenvalue weighted by atomic mass is 16.4. The van der Waals surface area contributed by atoms with E-state index in [4.69, 9.17) is 11.5 Å². The third-order valence-corrected chi connectivity index (χ3v) is 6.10. The number of aliphatic carboxylic acids is 1. The average molecular weight is 572 g/mol. The molecule has 4 amide bonds. The van der Waals surface area contributed by atoms with E-state index in [0.29, 0.717) is 11.1 Å². The molecule has 0 aliphatic heterocycles.